The van der Waals surface area contributed by atoms with Crippen molar-refractivity contribution in [2.75, 3.05) is 33.3 Å². The molecular formula is C26H21F4N3O3. The molecule has 0 saturated carbocycles. The van der Waals surface area contributed by atoms with Crippen molar-refractivity contribution in [3.05, 3.63) is 83.2 Å². The quantitative estimate of drug-likeness (QED) is 0.438. The number of carbonyl (C=O) groups excluding carboxylic acids is 1. The maximum absolute atomic E-state index is 13.6. The number of hydrogen-bond donors (Lipinski definition) is 0. The van der Waals surface area contributed by atoms with E-state index >= 15 is 0 Å². The third-order valence-electron chi connectivity index (χ3n) is 6.10. The number of carbonyl (C=O) groups is 1. The maximum Gasteiger partial charge on any atom is 0.416 e. The van der Waals surface area contributed by atoms with E-state index in [9.17, 15) is 22.4 Å². The number of alkyl halides is 3. The standard InChI is InChI=1S/C26H21F4N3O3/c1-35-19-6-7-20-23(15-19)36-22-8-5-17(26(28,29)30)14-21(22)31-24(20)32-9-11-33(12-10-32)25(34)16-3-2-4-18(27)13-16/h2-8,13-15H,9-12H2,1H3. The zero-order chi connectivity index (χ0) is 25.4. The first-order valence-electron chi connectivity index (χ1n) is 11.2. The van der Waals surface area contributed by atoms with Crippen LogP contribution in [-0.4, -0.2) is 54.8 Å². The molecule has 5 rings (SSSR count). The fourth-order valence-electron chi connectivity index (χ4n) is 4.23. The van der Waals surface area contributed by atoms with Crippen molar-refractivity contribution in [2.45, 2.75) is 6.18 Å². The SMILES string of the molecule is COc1ccc2c(c1)Oc1ccc(C(F)(F)F)cc1N=C2N1CCN(C(=O)c2cccc(F)c2)CC1. The second kappa shape index (κ2) is 9.18. The van der Waals surface area contributed by atoms with Crippen LogP contribution >= 0.6 is 0 Å². The molecule has 0 unspecified atom stereocenters. The first-order chi connectivity index (χ1) is 17.2. The fourth-order valence-corrected chi connectivity index (χ4v) is 4.23. The maximum atomic E-state index is 13.6. The number of amidine groups is 1. The van der Waals surface area contributed by atoms with Gasteiger partial charge in [0.25, 0.3) is 5.91 Å². The van der Waals surface area contributed by atoms with Crippen LogP contribution in [0.1, 0.15) is 21.5 Å². The second-order valence-electron chi connectivity index (χ2n) is 8.37. The van der Waals surface area contributed by atoms with Gasteiger partial charge in [-0.1, -0.05) is 6.07 Å². The number of nitrogens with zero attached hydrogens (tertiary/aromatic N) is 3. The minimum atomic E-state index is -4.53. The molecule has 2 heterocycles. The van der Waals surface area contributed by atoms with Crippen molar-refractivity contribution < 1.29 is 31.8 Å². The van der Waals surface area contributed by atoms with Crippen molar-refractivity contribution in [1.29, 1.82) is 0 Å². The summed E-state index contributed by atoms with van der Waals surface area (Å²) in [4.78, 5) is 20.9. The largest absolute Gasteiger partial charge is 0.497 e. The van der Waals surface area contributed by atoms with Gasteiger partial charge in [-0.15, -0.1) is 0 Å². The number of benzene rings is 3. The summed E-state index contributed by atoms with van der Waals surface area (Å²) in [7, 11) is 1.51. The highest BCUT2D eigenvalue weighted by Crippen LogP contribution is 2.42. The first-order valence-corrected chi connectivity index (χ1v) is 11.2. The average molecular weight is 499 g/mol. The minimum absolute atomic E-state index is 0.0493. The van der Waals surface area contributed by atoms with Crippen LogP contribution in [-0.2, 0) is 6.18 Å². The number of fused-ring (bicyclic) bond motifs is 2. The predicted octanol–water partition coefficient (Wildman–Crippen LogP) is 5.50. The van der Waals surface area contributed by atoms with Crippen molar-refractivity contribution in [1.82, 2.24) is 9.80 Å². The number of halogens is 4. The Morgan fingerprint density at radius 2 is 1.75 bits per heavy atom. The number of methoxy groups -OCH3 is 1. The van der Waals surface area contributed by atoms with E-state index < -0.39 is 17.6 Å². The van der Waals surface area contributed by atoms with Crippen molar-refractivity contribution in [2.24, 2.45) is 4.99 Å². The van der Waals surface area contributed by atoms with Gasteiger partial charge in [-0.2, -0.15) is 13.2 Å². The molecule has 0 spiro atoms. The molecule has 3 aromatic rings. The summed E-state index contributed by atoms with van der Waals surface area (Å²) in [6, 6.07) is 13.8. The average Bonchev–Trinajstić information content (AvgIpc) is 3.03. The van der Waals surface area contributed by atoms with Gasteiger partial charge < -0.3 is 19.3 Å². The molecule has 0 radical (unpaired) electrons. The van der Waals surface area contributed by atoms with E-state index in [-0.39, 0.29) is 22.9 Å². The van der Waals surface area contributed by atoms with E-state index in [2.05, 4.69) is 4.99 Å². The van der Waals surface area contributed by atoms with Gasteiger partial charge in [-0.05, 0) is 48.5 Å². The van der Waals surface area contributed by atoms with Crippen LogP contribution in [0.5, 0.6) is 17.2 Å². The molecule has 3 aromatic carbocycles. The third-order valence-corrected chi connectivity index (χ3v) is 6.10. The molecule has 0 bridgehead atoms. The number of piperazine rings is 1. The highest BCUT2D eigenvalue weighted by molar-refractivity contribution is 6.04. The van der Waals surface area contributed by atoms with Crippen molar-refractivity contribution in [3.63, 3.8) is 0 Å². The molecule has 6 nitrogen and oxygen atoms in total. The predicted molar refractivity (Wildman–Crippen MR) is 125 cm³/mol. The van der Waals surface area contributed by atoms with Crippen LogP contribution in [0, 0.1) is 5.82 Å². The molecule has 1 fully saturated rings. The Morgan fingerprint density at radius 1 is 0.972 bits per heavy atom. The molecule has 2 aliphatic rings. The number of ether oxygens (including phenoxy) is 2. The monoisotopic (exact) mass is 499 g/mol. The Bertz CT molecular complexity index is 1350. The third kappa shape index (κ3) is 4.58. The van der Waals surface area contributed by atoms with Gasteiger partial charge in [0.15, 0.2) is 5.75 Å². The Balaban J connectivity index is 1.47. The van der Waals surface area contributed by atoms with Crippen LogP contribution in [0.4, 0.5) is 23.2 Å². The van der Waals surface area contributed by atoms with E-state index in [0.717, 1.165) is 12.1 Å². The lowest BCUT2D eigenvalue weighted by Crippen LogP contribution is -2.50. The molecule has 1 amide bonds. The Labute approximate surface area is 204 Å². The lowest BCUT2D eigenvalue weighted by Gasteiger charge is -2.36. The van der Waals surface area contributed by atoms with Gasteiger partial charge in [-0.3, -0.25) is 4.79 Å². The van der Waals surface area contributed by atoms with Crippen LogP contribution < -0.4 is 9.47 Å². The van der Waals surface area contributed by atoms with Gasteiger partial charge >= 0.3 is 6.18 Å². The summed E-state index contributed by atoms with van der Waals surface area (Å²) >= 11 is 0. The smallest absolute Gasteiger partial charge is 0.416 e. The van der Waals surface area contributed by atoms with Gasteiger partial charge in [0.1, 0.15) is 28.8 Å². The molecule has 10 heteroatoms. The first kappa shape index (κ1) is 23.7. The Hall–Kier alpha value is -4.08. The molecule has 0 N–H and O–H groups in total. The van der Waals surface area contributed by atoms with E-state index in [1.54, 1.807) is 29.2 Å². The summed E-state index contributed by atoms with van der Waals surface area (Å²) in [6.45, 7) is 1.41. The van der Waals surface area contributed by atoms with Gasteiger partial charge in [-0.25, -0.2) is 9.38 Å². The lowest BCUT2D eigenvalue weighted by atomic mass is 10.1. The normalized spacial score (nSPS) is 15.3. The summed E-state index contributed by atoms with van der Waals surface area (Å²) in [5.74, 6) is 0.761. The van der Waals surface area contributed by atoms with Gasteiger partial charge in [0.05, 0.1) is 18.2 Å². The zero-order valence-electron chi connectivity index (χ0n) is 19.2. The highest BCUT2D eigenvalue weighted by Gasteiger charge is 2.33. The summed E-state index contributed by atoms with van der Waals surface area (Å²) < 4.78 is 65.0. The summed E-state index contributed by atoms with van der Waals surface area (Å²) in [5, 5.41) is 0. The highest BCUT2D eigenvalue weighted by atomic mass is 19.4. The van der Waals surface area contributed by atoms with Crippen molar-refractivity contribution >= 4 is 17.4 Å². The second-order valence-corrected chi connectivity index (χ2v) is 8.37. The molecule has 0 aliphatic carbocycles. The molecule has 2 aliphatic heterocycles. The molecule has 0 aromatic heterocycles. The molecule has 1 saturated heterocycles. The Kier molecular flexibility index (Phi) is 6.03. The molecule has 0 atom stereocenters. The van der Waals surface area contributed by atoms with Crippen LogP contribution in [0.15, 0.2) is 65.7 Å². The molecular weight excluding hydrogens is 478 g/mol. The fraction of sp³-hybridized carbons (Fsp3) is 0.231. The van der Waals surface area contributed by atoms with E-state index in [1.165, 1.54) is 31.4 Å². The summed E-state index contributed by atoms with van der Waals surface area (Å²) in [6.07, 6.45) is -4.53. The van der Waals surface area contributed by atoms with Crippen LogP contribution in [0.2, 0.25) is 0 Å². The number of amides is 1. The van der Waals surface area contributed by atoms with Crippen molar-refractivity contribution in [3.8, 4) is 17.2 Å². The zero-order valence-corrected chi connectivity index (χ0v) is 19.2. The van der Waals surface area contributed by atoms with Crippen LogP contribution in [0.25, 0.3) is 0 Å². The number of aliphatic imine (C=N–C) groups is 1. The van der Waals surface area contributed by atoms with Gasteiger partial charge in [0.2, 0.25) is 0 Å². The number of hydrogen-bond acceptors (Lipinski definition) is 5. The summed E-state index contributed by atoms with van der Waals surface area (Å²) in [5.41, 5.74) is 0.0652. The lowest BCUT2D eigenvalue weighted by molar-refractivity contribution is -0.137. The number of rotatable bonds is 2. The molecule has 186 valence electrons. The topological polar surface area (TPSA) is 54.4 Å². The van der Waals surface area contributed by atoms with Gasteiger partial charge in [0, 0.05) is 37.8 Å². The van der Waals surface area contributed by atoms with E-state index in [4.69, 9.17) is 9.47 Å². The molecule has 36 heavy (non-hydrogen) atoms. The van der Waals surface area contributed by atoms with E-state index in [1.807, 2.05) is 4.90 Å². The van der Waals surface area contributed by atoms with E-state index in [0.29, 0.717) is 49.1 Å². The van der Waals surface area contributed by atoms with Crippen LogP contribution in [0.3, 0.4) is 0 Å². The minimum Gasteiger partial charge on any atom is -0.497 e. The Morgan fingerprint density at radius 3 is 2.44 bits per heavy atom.